The van der Waals surface area contributed by atoms with E-state index >= 15 is 0 Å². The van der Waals surface area contributed by atoms with Gasteiger partial charge in [-0.1, -0.05) is 0 Å². The molecule has 1 aliphatic rings. The normalized spacial score (nSPS) is 28.8. The monoisotopic (exact) mass is 540 g/mol. The molecule has 0 aliphatic carbocycles. The van der Waals surface area contributed by atoms with Gasteiger partial charge >= 0.3 is 0 Å². The van der Waals surface area contributed by atoms with Crippen molar-refractivity contribution in [1.29, 1.82) is 0 Å². The van der Waals surface area contributed by atoms with E-state index in [1.807, 2.05) is 0 Å². The van der Waals surface area contributed by atoms with Crippen molar-refractivity contribution < 1.29 is 26.9 Å². The topological polar surface area (TPSA) is 55.4 Å². The van der Waals surface area contributed by atoms with E-state index in [4.69, 9.17) is 26.9 Å². The van der Waals surface area contributed by atoms with Crippen LogP contribution >= 0.6 is 0 Å². The van der Waals surface area contributed by atoms with Crippen LogP contribution in [0.4, 0.5) is 0 Å². The van der Waals surface area contributed by atoms with Crippen molar-refractivity contribution in [3.63, 3.8) is 0 Å². The molecule has 1 rings (SSSR count). The van der Waals surface area contributed by atoms with Crippen LogP contribution in [-0.2, 0) is 26.9 Å². The van der Waals surface area contributed by atoms with Gasteiger partial charge in [-0.25, -0.2) is 0 Å². The molecule has 1 heterocycles. The molecule has 0 N–H and O–H groups in total. The molecular weight excluding hydrogens is 489 g/mol. The first kappa shape index (κ1) is 30.9. The largest absolute Gasteiger partial charge is 0.415 e. The smallest absolute Gasteiger partial charge is 0.187 e. The highest BCUT2D eigenvalue weighted by molar-refractivity contribution is 6.71. The highest BCUT2D eigenvalue weighted by Crippen LogP contribution is 2.35. The Morgan fingerprint density at radius 1 is 0.469 bits per heavy atom. The van der Waals surface area contributed by atoms with Gasteiger partial charge in [-0.2, -0.15) is 0 Å². The van der Waals surface area contributed by atoms with Gasteiger partial charge < -0.3 is 26.9 Å². The van der Waals surface area contributed by atoms with Crippen molar-refractivity contribution in [2.75, 3.05) is 6.61 Å². The third-order valence-electron chi connectivity index (χ3n) is 4.21. The van der Waals surface area contributed by atoms with Crippen LogP contribution in [0.5, 0.6) is 0 Å². The van der Waals surface area contributed by atoms with Gasteiger partial charge in [0.2, 0.25) is 0 Å². The van der Waals surface area contributed by atoms with Gasteiger partial charge in [-0.15, -0.1) is 0 Å². The molecule has 6 nitrogen and oxygen atoms in total. The zero-order valence-corrected chi connectivity index (χ0v) is 28.5. The molecule has 32 heavy (non-hydrogen) atoms. The summed E-state index contributed by atoms with van der Waals surface area (Å²) in [5.41, 5.74) is 0. The summed E-state index contributed by atoms with van der Waals surface area (Å²) < 4.78 is 39.9. The summed E-state index contributed by atoms with van der Waals surface area (Å²) >= 11 is 0. The molecule has 192 valence electrons. The van der Waals surface area contributed by atoms with Crippen molar-refractivity contribution in [3.8, 4) is 0 Å². The SMILES string of the molecule is C[Si](C)(C)OC[C@H]1O[C@@H](O[Si](C)(C)C)[C@@H](O[Si](C)(C)C)[C@H](O[Si](C)(C)C)[C@H]1O[Si](C)(C)C. The van der Waals surface area contributed by atoms with E-state index in [0.29, 0.717) is 6.61 Å². The fourth-order valence-corrected chi connectivity index (χ4v) is 8.21. The second-order valence-corrected chi connectivity index (χ2v) is 36.1. The molecule has 0 radical (unpaired) electrons. The summed E-state index contributed by atoms with van der Waals surface area (Å²) in [7, 11) is -9.37. The quantitative estimate of drug-likeness (QED) is 0.296. The highest BCUT2D eigenvalue weighted by Gasteiger charge is 2.52. The minimum Gasteiger partial charge on any atom is -0.415 e. The second-order valence-electron chi connectivity index (χ2n) is 13.8. The van der Waals surface area contributed by atoms with E-state index in [0.717, 1.165) is 0 Å². The Balaban J connectivity index is 3.50. The van der Waals surface area contributed by atoms with Crippen LogP contribution in [0.1, 0.15) is 0 Å². The maximum atomic E-state index is 6.85. The summed E-state index contributed by atoms with van der Waals surface area (Å²) in [5, 5.41) is 0. The first-order valence-electron chi connectivity index (χ1n) is 12.0. The van der Waals surface area contributed by atoms with Crippen molar-refractivity contribution in [1.82, 2.24) is 0 Å². The average Bonchev–Trinajstić information content (AvgIpc) is 2.45. The van der Waals surface area contributed by atoms with Gasteiger partial charge in [0, 0.05) is 0 Å². The van der Waals surface area contributed by atoms with Crippen molar-refractivity contribution in [2.24, 2.45) is 0 Å². The third kappa shape index (κ3) is 12.5. The molecule has 11 heteroatoms. The Labute approximate surface area is 203 Å². The van der Waals surface area contributed by atoms with Crippen molar-refractivity contribution in [3.05, 3.63) is 0 Å². The van der Waals surface area contributed by atoms with Crippen molar-refractivity contribution >= 4 is 41.6 Å². The van der Waals surface area contributed by atoms with Gasteiger partial charge in [-0.3, -0.25) is 0 Å². The Hall–Kier alpha value is 0.844. The summed E-state index contributed by atoms with van der Waals surface area (Å²) in [5.74, 6) is 0. The van der Waals surface area contributed by atoms with Crippen LogP contribution in [0.2, 0.25) is 98.2 Å². The lowest BCUT2D eigenvalue weighted by molar-refractivity contribution is -0.268. The molecule has 0 aromatic rings. The van der Waals surface area contributed by atoms with E-state index in [1.165, 1.54) is 0 Å². The molecule has 0 bridgehead atoms. The number of hydrogen-bond donors (Lipinski definition) is 0. The van der Waals surface area contributed by atoms with Crippen LogP contribution in [0.3, 0.4) is 0 Å². The molecule has 0 spiro atoms. The van der Waals surface area contributed by atoms with Crippen LogP contribution in [0.25, 0.3) is 0 Å². The van der Waals surface area contributed by atoms with Crippen LogP contribution in [-0.4, -0.2) is 78.9 Å². The molecular formula is C21H52O6Si5. The lowest BCUT2D eigenvalue weighted by Crippen LogP contribution is -2.67. The first-order valence-corrected chi connectivity index (χ1v) is 29.0. The Morgan fingerprint density at radius 3 is 1.22 bits per heavy atom. The maximum absolute atomic E-state index is 6.85. The van der Waals surface area contributed by atoms with Gasteiger partial charge in [-0.05, 0) is 98.2 Å². The van der Waals surface area contributed by atoms with E-state index in [1.54, 1.807) is 0 Å². The Kier molecular flexibility index (Phi) is 10.5. The van der Waals surface area contributed by atoms with Gasteiger partial charge in [0.15, 0.2) is 47.9 Å². The van der Waals surface area contributed by atoms with E-state index < -0.39 is 47.9 Å². The summed E-state index contributed by atoms with van der Waals surface area (Å²) in [6.45, 7) is 33.6. The fraction of sp³-hybridized carbons (Fsp3) is 1.00. The van der Waals surface area contributed by atoms with Gasteiger partial charge in [0.25, 0.3) is 0 Å². The molecule has 0 aromatic carbocycles. The summed E-state index contributed by atoms with van der Waals surface area (Å²) in [6.07, 6.45) is -1.54. The zero-order valence-electron chi connectivity index (χ0n) is 23.5. The van der Waals surface area contributed by atoms with Crippen LogP contribution in [0, 0.1) is 0 Å². The maximum Gasteiger partial charge on any atom is 0.187 e. The van der Waals surface area contributed by atoms with Crippen LogP contribution in [0.15, 0.2) is 0 Å². The molecule has 0 saturated carbocycles. The minimum atomic E-state index is -1.92. The lowest BCUT2D eigenvalue weighted by Gasteiger charge is -2.51. The predicted molar refractivity (Wildman–Crippen MR) is 147 cm³/mol. The van der Waals surface area contributed by atoms with Gasteiger partial charge in [0.05, 0.1) is 6.61 Å². The molecule has 0 amide bonds. The average molecular weight is 541 g/mol. The zero-order chi connectivity index (χ0) is 25.3. The minimum absolute atomic E-state index is 0.243. The van der Waals surface area contributed by atoms with E-state index in [2.05, 4.69) is 98.2 Å². The first-order chi connectivity index (χ1) is 14.0. The number of ether oxygens (including phenoxy) is 1. The second kappa shape index (κ2) is 10.8. The summed E-state index contributed by atoms with van der Waals surface area (Å²) in [6, 6.07) is 0. The Morgan fingerprint density at radius 2 is 0.844 bits per heavy atom. The van der Waals surface area contributed by atoms with Crippen molar-refractivity contribution in [2.45, 2.75) is 129 Å². The van der Waals surface area contributed by atoms with E-state index in [-0.39, 0.29) is 24.4 Å². The Bertz CT molecular complexity index is 586. The van der Waals surface area contributed by atoms with Gasteiger partial charge in [0.1, 0.15) is 24.4 Å². The highest BCUT2D eigenvalue weighted by atomic mass is 28.4. The molecule has 0 unspecified atom stereocenters. The molecule has 0 aromatic heterocycles. The van der Waals surface area contributed by atoms with E-state index in [9.17, 15) is 0 Å². The molecule has 1 aliphatic heterocycles. The molecule has 5 atom stereocenters. The molecule has 1 fully saturated rings. The number of rotatable bonds is 11. The third-order valence-corrected chi connectivity index (χ3v) is 9.12. The summed E-state index contributed by atoms with van der Waals surface area (Å²) in [4.78, 5) is 0. The standard InChI is InChI=1S/C21H52O6Si5/c1-28(2,3)22-16-17-18(24-29(4,5)6)19(25-30(7,8)9)20(26-31(10,11)12)21(23-17)27-32(13,14)15/h17-21H,16H2,1-15H3/t17-,18+,19-,20+,21+/m1/s1. The van der Waals surface area contributed by atoms with Crippen LogP contribution < -0.4 is 0 Å². The predicted octanol–water partition coefficient (Wildman–Crippen LogP) is 6.07. The number of hydrogen-bond acceptors (Lipinski definition) is 6. The fourth-order valence-electron chi connectivity index (χ4n) is 3.41. The lowest BCUT2D eigenvalue weighted by atomic mass is 9.99. The molecule has 1 saturated heterocycles.